The molecule has 2 heterocycles. The van der Waals surface area contributed by atoms with Gasteiger partial charge in [0.2, 0.25) is 5.91 Å². The van der Waals surface area contributed by atoms with Crippen molar-refractivity contribution < 1.29 is 18.7 Å². The van der Waals surface area contributed by atoms with Crippen LogP contribution in [0.2, 0.25) is 0 Å². The van der Waals surface area contributed by atoms with Crippen LogP contribution >= 0.6 is 11.8 Å². The van der Waals surface area contributed by atoms with E-state index in [0.717, 1.165) is 30.8 Å². The van der Waals surface area contributed by atoms with Gasteiger partial charge in [-0.15, -0.1) is 11.8 Å². The van der Waals surface area contributed by atoms with Gasteiger partial charge in [0, 0.05) is 37.5 Å². The number of benzene rings is 2. The van der Waals surface area contributed by atoms with Crippen LogP contribution in [0.5, 0.6) is 0 Å². The molecular weight excluding hydrogens is 429 g/mol. The number of nitrogens with one attached hydrogen (secondary N) is 1. The van der Waals surface area contributed by atoms with Crippen molar-refractivity contribution in [1.29, 1.82) is 0 Å². The Labute approximate surface area is 192 Å². The minimum atomic E-state index is -0.589. The van der Waals surface area contributed by atoms with Gasteiger partial charge in [-0.25, -0.2) is 4.39 Å². The van der Waals surface area contributed by atoms with Crippen LogP contribution in [0, 0.1) is 12.7 Å². The third kappa shape index (κ3) is 5.31. The molecule has 0 radical (unpaired) electrons. The standard InChI is InChI=1S/C24H28FN3O3S/c1-17-2-4-18(5-3-17)23(30)28-21(16-32-24(28)19-6-8-20(25)9-7-19)22(29)26-10-11-27-12-14-31-15-13-27/h2-9,21,24H,10-16H2,1H3,(H,26,29). The summed E-state index contributed by atoms with van der Waals surface area (Å²) in [6.45, 7) is 6.39. The van der Waals surface area contributed by atoms with Crippen LogP contribution in [-0.4, -0.2) is 72.8 Å². The Morgan fingerprint density at radius 1 is 1.09 bits per heavy atom. The minimum absolute atomic E-state index is 0.157. The number of hydrogen-bond acceptors (Lipinski definition) is 5. The van der Waals surface area contributed by atoms with E-state index in [1.165, 1.54) is 23.9 Å². The third-order valence-electron chi connectivity index (χ3n) is 5.82. The highest BCUT2D eigenvalue weighted by molar-refractivity contribution is 7.99. The number of ether oxygens (including phenoxy) is 1. The number of nitrogens with zero attached hydrogens (tertiary/aromatic N) is 2. The number of amides is 2. The number of rotatable bonds is 6. The minimum Gasteiger partial charge on any atom is -0.379 e. The van der Waals surface area contributed by atoms with Gasteiger partial charge < -0.3 is 15.0 Å². The third-order valence-corrected chi connectivity index (χ3v) is 7.15. The maximum Gasteiger partial charge on any atom is 0.255 e. The Hall–Kier alpha value is -2.42. The number of carbonyl (C=O) groups is 2. The van der Waals surface area contributed by atoms with E-state index in [1.54, 1.807) is 29.2 Å². The first-order chi connectivity index (χ1) is 15.5. The molecule has 2 fully saturated rings. The molecule has 0 aliphatic carbocycles. The molecule has 8 heteroatoms. The van der Waals surface area contributed by atoms with Crippen molar-refractivity contribution in [2.45, 2.75) is 18.3 Å². The first kappa shape index (κ1) is 22.8. The molecule has 2 aromatic rings. The molecule has 2 atom stereocenters. The van der Waals surface area contributed by atoms with Gasteiger partial charge in [-0.05, 0) is 36.8 Å². The molecule has 4 rings (SSSR count). The zero-order valence-corrected chi connectivity index (χ0v) is 18.9. The molecule has 32 heavy (non-hydrogen) atoms. The Morgan fingerprint density at radius 2 is 1.78 bits per heavy atom. The molecule has 0 aromatic heterocycles. The number of aryl methyl sites for hydroxylation is 1. The van der Waals surface area contributed by atoms with Crippen molar-refractivity contribution in [3.05, 3.63) is 71.0 Å². The van der Waals surface area contributed by atoms with Gasteiger partial charge in [0.05, 0.1) is 13.2 Å². The van der Waals surface area contributed by atoms with Crippen molar-refractivity contribution in [1.82, 2.24) is 15.1 Å². The predicted molar refractivity (Wildman–Crippen MR) is 123 cm³/mol. The lowest BCUT2D eigenvalue weighted by Gasteiger charge is -2.30. The van der Waals surface area contributed by atoms with Gasteiger partial charge in [-0.2, -0.15) is 0 Å². The van der Waals surface area contributed by atoms with Crippen LogP contribution in [0.4, 0.5) is 4.39 Å². The van der Waals surface area contributed by atoms with E-state index < -0.39 is 6.04 Å². The maximum atomic E-state index is 13.5. The zero-order valence-electron chi connectivity index (χ0n) is 18.1. The average molecular weight is 458 g/mol. The number of hydrogen-bond donors (Lipinski definition) is 1. The number of thioether (sulfide) groups is 1. The number of carbonyl (C=O) groups excluding carboxylic acids is 2. The first-order valence-corrected chi connectivity index (χ1v) is 11.9. The van der Waals surface area contributed by atoms with Gasteiger partial charge in [-0.3, -0.25) is 14.5 Å². The van der Waals surface area contributed by atoms with Gasteiger partial charge in [0.1, 0.15) is 17.2 Å². The van der Waals surface area contributed by atoms with Crippen molar-refractivity contribution >= 4 is 23.6 Å². The number of halogens is 1. The highest BCUT2D eigenvalue weighted by atomic mass is 32.2. The summed E-state index contributed by atoms with van der Waals surface area (Å²) in [6, 6.07) is 12.9. The van der Waals surface area contributed by atoms with E-state index in [4.69, 9.17) is 4.74 Å². The van der Waals surface area contributed by atoms with Crippen LogP contribution in [0.15, 0.2) is 48.5 Å². The fourth-order valence-corrected chi connectivity index (χ4v) is 5.40. The average Bonchev–Trinajstić information content (AvgIpc) is 3.25. The van der Waals surface area contributed by atoms with E-state index in [1.807, 2.05) is 19.1 Å². The molecule has 0 spiro atoms. The molecule has 6 nitrogen and oxygen atoms in total. The Balaban J connectivity index is 1.50. The summed E-state index contributed by atoms with van der Waals surface area (Å²) in [5.74, 6) is -0.192. The normalized spacial score (nSPS) is 21.5. The van der Waals surface area contributed by atoms with Crippen molar-refractivity contribution in [2.75, 3.05) is 45.1 Å². The molecule has 2 aromatic carbocycles. The van der Waals surface area contributed by atoms with Gasteiger partial charge in [0.15, 0.2) is 0 Å². The van der Waals surface area contributed by atoms with Crippen LogP contribution in [0.3, 0.4) is 0 Å². The molecular formula is C24H28FN3O3S. The Morgan fingerprint density at radius 3 is 2.47 bits per heavy atom. The number of morpholine rings is 1. The SMILES string of the molecule is Cc1ccc(C(=O)N2C(C(=O)NCCN3CCOCC3)CSC2c2ccc(F)cc2)cc1. The van der Waals surface area contributed by atoms with Gasteiger partial charge in [-0.1, -0.05) is 29.8 Å². The highest BCUT2D eigenvalue weighted by Crippen LogP contribution is 2.42. The monoisotopic (exact) mass is 457 g/mol. The zero-order chi connectivity index (χ0) is 22.5. The van der Waals surface area contributed by atoms with Crippen molar-refractivity contribution in [2.24, 2.45) is 0 Å². The summed E-state index contributed by atoms with van der Waals surface area (Å²) in [4.78, 5) is 30.5. The predicted octanol–water partition coefficient (Wildman–Crippen LogP) is 2.84. The summed E-state index contributed by atoms with van der Waals surface area (Å²) < 4.78 is 18.8. The molecule has 2 aliphatic heterocycles. The Kier molecular flexibility index (Phi) is 7.44. The van der Waals surface area contributed by atoms with Crippen LogP contribution < -0.4 is 5.32 Å². The highest BCUT2D eigenvalue weighted by Gasteiger charge is 2.42. The summed E-state index contributed by atoms with van der Waals surface area (Å²) in [7, 11) is 0. The second kappa shape index (κ2) is 10.5. The van der Waals surface area contributed by atoms with E-state index in [0.29, 0.717) is 31.1 Å². The molecule has 0 bridgehead atoms. The van der Waals surface area contributed by atoms with Gasteiger partial charge >= 0.3 is 0 Å². The first-order valence-electron chi connectivity index (χ1n) is 10.9. The van der Waals surface area contributed by atoms with Gasteiger partial charge in [0.25, 0.3) is 5.91 Å². The smallest absolute Gasteiger partial charge is 0.255 e. The summed E-state index contributed by atoms with van der Waals surface area (Å²) in [5, 5.41) is 2.66. The second-order valence-electron chi connectivity index (χ2n) is 8.08. The summed E-state index contributed by atoms with van der Waals surface area (Å²) >= 11 is 1.53. The fourth-order valence-electron chi connectivity index (χ4n) is 3.97. The molecule has 2 aliphatic rings. The molecule has 2 unspecified atom stereocenters. The van der Waals surface area contributed by atoms with Crippen LogP contribution in [0.1, 0.15) is 26.9 Å². The van der Waals surface area contributed by atoms with E-state index >= 15 is 0 Å². The van der Waals surface area contributed by atoms with Crippen molar-refractivity contribution in [3.63, 3.8) is 0 Å². The molecule has 2 saturated heterocycles. The largest absolute Gasteiger partial charge is 0.379 e. The van der Waals surface area contributed by atoms with E-state index in [2.05, 4.69) is 10.2 Å². The molecule has 0 saturated carbocycles. The van der Waals surface area contributed by atoms with Crippen LogP contribution in [-0.2, 0) is 9.53 Å². The molecule has 2 amide bonds. The fraction of sp³-hybridized carbons (Fsp3) is 0.417. The second-order valence-corrected chi connectivity index (χ2v) is 9.19. The molecule has 1 N–H and O–H groups in total. The lowest BCUT2D eigenvalue weighted by molar-refractivity contribution is -0.124. The van der Waals surface area contributed by atoms with E-state index in [-0.39, 0.29) is 23.0 Å². The Bertz CT molecular complexity index is 933. The maximum absolute atomic E-state index is 13.5. The van der Waals surface area contributed by atoms with Crippen molar-refractivity contribution in [3.8, 4) is 0 Å². The quantitative estimate of drug-likeness (QED) is 0.723. The van der Waals surface area contributed by atoms with Crippen LogP contribution in [0.25, 0.3) is 0 Å². The van der Waals surface area contributed by atoms with E-state index in [9.17, 15) is 14.0 Å². The molecule has 170 valence electrons. The lowest BCUT2D eigenvalue weighted by Crippen LogP contribution is -2.49. The lowest BCUT2D eigenvalue weighted by atomic mass is 10.1. The topological polar surface area (TPSA) is 61.9 Å². The summed E-state index contributed by atoms with van der Waals surface area (Å²) in [5.41, 5.74) is 2.40. The summed E-state index contributed by atoms with van der Waals surface area (Å²) in [6.07, 6.45) is 0.